The lowest BCUT2D eigenvalue weighted by atomic mass is 9.91. The van der Waals surface area contributed by atoms with Crippen LogP contribution in [0.3, 0.4) is 0 Å². The molecule has 3 N–H and O–H groups in total. The maximum absolute atomic E-state index is 11.9. The van der Waals surface area contributed by atoms with Gasteiger partial charge in [-0.05, 0) is 23.8 Å². The summed E-state index contributed by atoms with van der Waals surface area (Å²) in [6, 6.07) is 9.76. The number of hydrogen-bond acceptors (Lipinski definition) is 2. The summed E-state index contributed by atoms with van der Waals surface area (Å²) in [5.41, 5.74) is 6.31. The topological polar surface area (TPSA) is 72.2 Å². The van der Waals surface area contributed by atoms with Gasteiger partial charge in [0, 0.05) is 19.4 Å². The van der Waals surface area contributed by atoms with Crippen molar-refractivity contribution in [1.29, 1.82) is 0 Å². The van der Waals surface area contributed by atoms with Gasteiger partial charge >= 0.3 is 0 Å². The largest absolute Gasteiger partial charge is 0.370 e. The van der Waals surface area contributed by atoms with Crippen LogP contribution in [0.4, 0.5) is 0 Å². The maximum atomic E-state index is 11.9. The Labute approximate surface area is 120 Å². The molecule has 0 aliphatic carbocycles. The third-order valence-electron chi connectivity index (χ3n) is 3.10. The van der Waals surface area contributed by atoms with E-state index in [2.05, 4.69) is 19.2 Å². The maximum Gasteiger partial charge on any atom is 0.220 e. The molecule has 2 amide bonds. The zero-order valence-electron chi connectivity index (χ0n) is 12.3. The Morgan fingerprint density at radius 3 is 2.35 bits per heavy atom. The van der Waals surface area contributed by atoms with Crippen LogP contribution in [-0.2, 0) is 16.1 Å². The average molecular weight is 276 g/mol. The summed E-state index contributed by atoms with van der Waals surface area (Å²) in [6.45, 7) is 4.68. The lowest BCUT2D eigenvalue weighted by molar-refractivity contribution is -0.123. The van der Waals surface area contributed by atoms with Gasteiger partial charge < -0.3 is 11.1 Å². The standard InChI is InChI=1S/C16H24N2O2/c1-12(2)8-14(9-15(17)19)10-16(20)18-11-13-6-4-3-5-7-13/h3-7,12,14H,8-11H2,1-2H3,(H2,17,19)(H,18,20). The second-order valence-electron chi connectivity index (χ2n) is 5.63. The molecule has 0 aliphatic rings. The molecule has 4 heteroatoms. The normalized spacial score (nSPS) is 12.2. The number of primary amides is 1. The first-order valence-corrected chi connectivity index (χ1v) is 7.06. The van der Waals surface area contributed by atoms with Crippen LogP contribution >= 0.6 is 0 Å². The lowest BCUT2D eigenvalue weighted by Crippen LogP contribution is -2.27. The van der Waals surface area contributed by atoms with E-state index in [1.165, 1.54) is 0 Å². The molecule has 110 valence electrons. The fourth-order valence-electron chi connectivity index (χ4n) is 2.32. The van der Waals surface area contributed by atoms with Crippen LogP contribution < -0.4 is 11.1 Å². The molecule has 0 spiro atoms. The van der Waals surface area contributed by atoms with Crippen LogP contribution in [0.1, 0.15) is 38.7 Å². The van der Waals surface area contributed by atoms with Crippen LogP contribution in [0.15, 0.2) is 30.3 Å². The molecule has 0 aromatic heterocycles. The fraction of sp³-hybridized carbons (Fsp3) is 0.500. The highest BCUT2D eigenvalue weighted by Crippen LogP contribution is 2.18. The third kappa shape index (κ3) is 6.92. The highest BCUT2D eigenvalue weighted by Gasteiger charge is 2.17. The van der Waals surface area contributed by atoms with Crippen LogP contribution in [-0.4, -0.2) is 11.8 Å². The van der Waals surface area contributed by atoms with Crippen molar-refractivity contribution < 1.29 is 9.59 Å². The minimum atomic E-state index is -0.341. The Morgan fingerprint density at radius 2 is 1.80 bits per heavy atom. The SMILES string of the molecule is CC(C)CC(CC(N)=O)CC(=O)NCc1ccccc1. The van der Waals surface area contributed by atoms with Gasteiger partial charge in [-0.15, -0.1) is 0 Å². The number of nitrogens with one attached hydrogen (secondary N) is 1. The molecule has 20 heavy (non-hydrogen) atoms. The van der Waals surface area contributed by atoms with Gasteiger partial charge in [0.1, 0.15) is 0 Å². The van der Waals surface area contributed by atoms with Crippen LogP contribution in [0, 0.1) is 11.8 Å². The molecule has 1 atom stereocenters. The van der Waals surface area contributed by atoms with Crippen molar-refractivity contribution in [3.8, 4) is 0 Å². The number of amides is 2. The Hall–Kier alpha value is -1.84. The third-order valence-corrected chi connectivity index (χ3v) is 3.10. The van der Waals surface area contributed by atoms with Crippen molar-refractivity contribution in [2.75, 3.05) is 0 Å². The van der Waals surface area contributed by atoms with Gasteiger partial charge in [0.05, 0.1) is 0 Å². The molecule has 0 bridgehead atoms. The molecule has 0 aliphatic heterocycles. The van der Waals surface area contributed by atoms with E-state index < -0.39 is 0 Å². The number of carbonyl (C=O) groups excluding carboxylic acids is 2. The van der Waals surface area contributed by atoms with Crippen LogP contribution in [0.2, 0.25) is 0 Å². The number of nitrogens with two attached hydrogens (primary N) is 1. The molecule has 0 saturated heterocycles. The summed E-state index contributed by atoms with van der Waals surface area (Å²) in [7, 11) is 0. The van der Waals surface area contributed by atoms with Gasteiger partial charge in [-0.2, -0.15) is 0 Å². The zero-order chi connectivity index (χ0) is 15.0. The molecule has 1 aromatic rings. The van der Waals surface area contributed by atoms with Crippen molar-refractivity contribution in [3.05, 3.63) is 35.9 Å². The van der Waals surface area contributed by atoms with Gasteiger partial charge in [0.2, 0.25) is 11.8 Å². The van der Waals surface area contributed by atoms with Crippen LogP contribution in [0.5, 0.6) is 0 Å². The lowest BCUT2D eigenvalue weighted by Gasteiger charge is -2.17. The molecule has 0 fully saturated rings. The van der Waals surface area contributed by atoms with E-state index in [-0.39, 0.29) is 24.2 Å². The van der Waals surface area contributed by atoms with E-state index in [1.807, 2.05) is 30.3 Å². The number of hydrogen-bond donors (Lipinski definition) is 2. The summed E-state index contributed by atoms with van der Waals surface area (Å²) in [5, 5.41) is 2.88. The second kappa shape index (κ2) is 8.35. The van der Waals surface area contributed by atoms with Gasteiger partial charge in [-0.1, -0.05) is 44.2 Å². The first kappa shape index (κ1) is 16.2. The van der Waals surface area contributed by atoms with Crippen molar-refractivity contribution >= 4 is 11.8 Å². The van der Waals surface area contributed by atoms with Gasteiger partial charge in [0.15, 0.2) is 0 Å². The molecular weight excluding hydrogens is 252 g/mol. The molecular formula is C16H24N2O2. The molecule has 0 saturated carbocycles. The van der Waals surface area contributed by atoms with E-state index >= 15 is 0 Å². The molecule has 1 unspecified atom stereocenters. The molecule has 1 rings (SSSR count). The summed E-state index contributed by atoms with van der Waals surface area (Å²) in [6.07, 6.45) is 1.46. The van der Waals surface area contributed by atoms with E-state index in [9.17, 15) is 9.59 Å². The van der Waals surface area contributed by atoms with Crippen LogP contribution in [0.25, 0.3) is 0 Å². The first-order valence-electron chi connectivity index (χ1n) is 7.06. The fourth-order valence-corrected chi connectivity index (χ4v) is 2.32. The molecule has 0 radical (unpaired) electrons. The number of rotatable bonds is 8. The number of benzene rings is 1. The smallest absolute Gasteiger partial charge is 0.220 e. The van der Waals surface area contributed by atoms with E-state index in [4.69, 9.17) is 5.73 Å². The van der Waals surface area contributed by atoms with Crippen molar-refractivity contribution in [1.82, 2.24) is 5.32 Å². The summed E-state index contributed by atoms with van der Waals surface area (Å²) >= 11 is 0. The van der Waals surface area contributed by atoms with E-state index in [0.717, 1.165) is 12.0 Å². The Morgan fingerprint density at radius 1 is 1.15 bits per heavy atom. The van der Waals surface area contributed by atoms with Crippen molar-refractivity contribution in [2.24, 2.45) is 17.6 Å². The monoisotopic (exact) mass is 276 g/mol. The molecule has 1 aromatic carbocycles. The van der Waals surface area contributed by atoms with Crippen molar-refractivity contribution in [2.45, 2.75) is 39.7 Å². The highest BCUT2D eigenvalue weighted by molar-refractivity contribution is 5.78. The van der Waals surface area contributed by atoms with Gasteiger partial charge in [0.25, 0.3) is 0 Å². The Balaban J connectivity index is 2.42. The van der Waals surface area contributed by atoms with Gasteiger partial charge in [-0.3, -0.25) is 9.59 Å². The number of carbonyl (C=O) groups is 2. The average Bonchev–Trinajstić information content (AvgIpc) is 2.36. The second-order valence-corrected chi connectivity index (χ2v) is 5.63. The Kier molecular flexibility index (Phi) is 6.77. The first-order chi connectivity index (χ1) is 9.47. The summed E-state index contributed by atoms with van der Waals surface area (Å²) in [4.78, 5) is 23.0. The quantitative estimate of drug-likeness (QED) is 0.764. The van der Waals surface area contributed by atoms with Crippen molar-refractivity contribution in [3.63, 3.8) is 0 Å². The zero-order valence-corrected chi connectivity index (χ0v) is 12.3. The van der Waals surface area contributed by atoms with E-state index in [1.54, 1.807) is 0 Å². The minimum Gasteiger partial charge on any atom is -0.370 e. The predicted octanol–water partition coefficient (Wildman–Crippen LogP) is 2.23. The molecule has 0 heterocycles. The summed E-state index contributed by atoms with van der Waals surface area (Å²) < 4.78 is 0. The predicted molar refractivity (Wildman–Crippen MR) is 79.7 cm³/mol. The Bertz CT molecular complexity index is 429. The van der Waals surface area contributed by atoms with E-state index in [0.29, 0.717) is 18.9 Å². The highest BCUT2D eigenvalue weighted by atomic mass is 16.2. The minimum absolute atomic E-state index is 0.0271. The molecule has 4 nitrogen and oxygen atoms in total. The van der Waals surface area contributed by atoms with Gasteiger partial charge in [-0.25, -0.2) is 0 Å². The summed E-state index contributed by atoms with van der Waals surface area (Å²) in [5.74, 6) is 0.108.